The Hall–Kier alpha value is -0.970. The first-order valence-electron chi connectivity index (χ1n) is 6.19. The SMILES string of the molecule is CNC1(CO)CCN(Cc2ccncc2)CC1. The van der Waals surface area contributed by atoms with Gasteiger partial charge in [-0.2, -0.15) is 0 Å². The molecule has 1 aliphatic rings. The van der Waals surface area contributed by atoms with Crippen LogP contribution < -0.4 is 5.32 Å². The van der Waals surface area contributed by atoms with Crippen LogP contribution in [0, 0.1) is 0 Å². The van der Waals surface area contributed by atoms with Gasteiger partial charge in [0.2, 0.25) is 0 Å². The number of piperidine rings is 1. The summed E-state index contributed by atoms with van der Waals surface area (Å²) in [5.41, 5.74) is 1.25. The molecule has 1 saturated heterocycles. The van der Waals surface area contributed by atoms with Crippen LogP contribution in [0.25, 0.3) is 0 Å². The first-order valence-corrected chi connectivity index (χ1v) is 6.19. The van der Waals surface area contributed by atoms with Crippen LogP contribution >= 0.6 is 0 Å². The van der Waals surface area contributed by atoms with Gasteiger partial charge in [-0.1, -0.05) is 0 Å². The zero-order valence-corrected chi connectivity index (χ0v) is 10.4. The lowest BCUT2D eigenvalue weighted by atomic mass is 9.88. The highest BCUT2D eigenvalue weighted by Gasteiger charge is 2.32. The van der Waals surface area contributed by atoms with Crippen LogP contribution in [0.5, 0.6) is 0 Å². The summed E-state index contributed by atoms with van der Waals surface area (Å²) in [6.07, 6.45) is 5.69. The Labute approximate surface area is 103 Å². The molecule has 0 aromatic carbocycles. The van der Waals surface area contributed by atoms with E-state index in [9.17, 15) is 5.11 Å². The van der Waals surface area contributed by atoms with Crippen LogP contribution in [-0.2, 0) is 6.54 Å². The van der Waals surface area contributed by atoms with Crippen molar-refractivity contribution in [3.05, 3.63) is 30.1 Å². The smallest absolute Gasteiger partial charge is 0.0614 e. The van der Waals surface area contributed by atoms with Gasteiger partial charge in [0.25, 0.3) is 0 Å². The van der Waals surface area contributed by atoms with Crippen molar-refractivity contribution in [3.63, 3.8) is 0 Å². The molecule has 0 bridgehead atoms. The Morgan fingerprint density at radius 2 is 2.00 bits per heavy atom. The fraction of sp³-hybridized carbons (Fsp3) is 0.615. The molecule has 0 atom stereocenters. The summed E-state index contributed by atoms with van der Waals surface area (Å²) in [7, 11) is 1.94. The lowest BCUT2D eigenvalue weighted by Gasteiger charge is -2.40. The first-order chi connectivity index (χ1) is 8.28. The van der Waals surface area contributed by atoms with E-state index in [1.807, 2.05) is 19.4 Å². The van der Waals surface area contributed by atoms with Gasteiger partial charge >= 0.3 is 0 Å². The Kier molecular flexibility index (Phi) is 4.10. The van der Waals surface area contributed by atoms with E-state index in [-0.39, 0.29) is 12.1 Å². The number of nitrogens with zero attached hydrogens (tertiary/aromatic N) is 2. The van der Waals surface area contributed by atoms with Crippen molar-refractivity contribution >= 4 is 0 Å². The fourth-order valence-corrected chi connectivity index (χ4v) is 2.37. The van der Waals surface area contributed by atoms with Crippen LogP contribution in [0.4, 0.5) is 0 Å². The maximum atomic E-state index is 9.43. The lowest BCUT2D eigenvalue weighted by molar-refractivity contribution is 0.0811. The molecule has 1 aromatic heterocycles. The van der Waals surface area contributed by atoms with Crippen LogP contribution in [0.3, 0.4) is 0 Å². The van der Waals surface area contributed by atoms with Crippen molar-refractivity contribution in [1.29, 1.82) is 0 Å². The number of pyridine rings is 1. The van der Waals surface area contributed by atoms with E-state index < -0.39 is 0 Å². The van der Waals surface area contributed by atoms with Gasteiger partial charge in [0, 0.05) is 37.6 Å². The molecule has 2 N–H and O–H groups in total. The average Bonchev–Trinajstić information content (AvgIpc) is 2.41. The number of aliphatic hydroxyl groups excluding tert-OH is 1. The Bertz CT molecular complexity index is 328. The highest BCUT2D eigenvalue weighted by Crippen LogP contribution is 2.22. The largest absolute Gasteiger partial charge is 0.394 e. The molecule has 0 radical (unpaired) electrons. The van der Waals surface area contributed by atoms with E-state index in [1.54, 1.807) is 0 Å². The first kappa shape index (κ1) is 12.5. The molecular weight excluding hydrogens is 214 g/mol. The van der Waals surface area contributed by atoms with E-state index in [1.165, 1.54) is 5.56 Å². The molecule has 17 heavy (non-hydrogen) atoms. The minimum Gasteiger partial charge on any atom is -0.394 e. The monoisotopic (exact) mass is 235 g/mol. The molecule has 0 unspecified atom stereocenters. The van der Waals surface area contributed by atoms with Crippen LogP contribution in [-0.4, -0.2) is 47.3 Å². The average molecular weight is 235 g/mol. The zero-order chi connectivity index (χ0) is 12.1. The third-order valence-electron chi connectivity index (χ3n) is 3.80. The zero-order valence-electron chi connectivity index (χ0n) is 10.4. The number of aromatic nitrogens is 1. The highest BCUT2D eigenvalue weighted by molar-refractivity contribution is 5.09. The Morgan fingerprint density at radius 3 is 2.53 bits per heavy atom. The minimum absolute atomic E-state index is 0.0608. The Balaban J connectivity index is 1.87. The van der Waals surface area contributed by atoms with Gasteiger partial charge in [-0.3, -0.25) is 9.88 Å². The molecule has 4 heteroatoms. The number of nitrogens with one attached hydrogen (secondary N) is 1. The van der Waals surface area contributed by atoms with E-state index >= 15 is 0 Å². The lowest BCUT2D eigenvalue weighted by Crippen LogP contribution is -2.54. The third-order valence-corrected chi connectivity index (χ3v) is 3.80. The van der Waals surface area contributed by atoms with Gasteiger partial charge in [-0.15, -0.1) is 0 Å². The summed E-state index contributed by atoms with van der Waals surface area (Å²) in [4.78, 5) is 6.46. The second kappa shape index (κ2) is 5.58. The fourth-order valence-electron chi connectivity index (χ4n) is 2.37. The number of rotatable bonds is 4. The summed E-state index contributed by atoms with van der Waals surface area (Å²) in [6.45, 7) is 3.27. The van der Waals surface area contributed by atoms with Crippen molar-refractivity contribution in [2.45, 2.75) is 24.9 Å². The third kappa shape index (κ3) is 3.03. The van der Waals surface area contributed by atoms with E-state index in [4.69, 9.17) is 0 Å². The van der Waals surface area contributed by atoms with Gasteiger partial charge in [0.15, 0.2) is 0 Å². The summed E-state index contributed by atoms with van der Waals surface area (Å²) in [5, 5.41) is 12.7. The summed E-state index contributed by atoms with van der Waals surface area (Å²) >= 11 is 0. The number of aliphatic hydroxyl groups is 1. The van der Waals surface area contributed by atoms with Gasteiger partial charge < -0.3 is 10.4 Å². The van der Waals surface area contributed by atoms with Gasteiger partial charge in [0.05, 0.1) is 6.61 Å². The molecule has 2 heterocycles. The normalized spacial score (nSPS) is 20.4. The molecule has 94 valence electrons. The number of hydrogen-bond acceptors (Lipinski definition) is 4. The van der Waals surface area contributed by atoms with Crippen molar-refractivity contribution in [2.24, 2.45) is 0 Å². The Morgan fingerprint density at radius 1 is 1.35 bits per heavy atom. The maximum absolute atomic E-state index is 9.43. The molecule has 0 amide bonds. The molecule has 0 saturated carbocycles. The van der Waals surface area contributed by atoms with Gasteiger partial charge in [-0.05, 0) is 37.6 Å². The van der Waals surface area contributed by atoms with Gasteiger partial charge in [0.1, 0.15) is 0 Å². The van der Waals surface area contributed by atoms with E-state index in [2.05, 4.69) is 27.3 Å². The van der Waals surface area contributed by atoms with E-state index in [0.29, 0.717) is 0 Å². The molecule has 1 aromatic rings. The minimum atomic E-state index is -0.0608. The predicted molar refractivity (Wildman–Crippen MR) is 67.6 cm³/mol. The summed E-state index contributed by atoms with van der Waals surface area (Å²) in [5.74, 6) is 0. The van der Waals surface area contributed by atoms with Crippen LogP contribution in [0.1, 0.15) is 18.4 Å². The molecule has 1 aliphatic heterocycles. The van der Waals surface area contributed by atoms with E-state index in [0.717, 1.165) is 32.5 Å². The molecule has 0 aliphatic carbocycles. The number of hydrogen-bond donors (Lipinski definition) is 2. The quantitative estimate of drug-likeness (QED) is 0.803. The summed E-state index contributed by atoms with van der Waals surface area (Å²) < 4.78 is 0. The molecular formula is C13H21N3O. The van der Waals surface area contributed by atoms with Gasteiger partial charge in [-0.25, -0.2) is 0 Å². The van der Waals surface area contributed by atoms with Crippen molar-refractivity contribution in [3.8, 4) is 0 Å². The van der Waals surface area contributed by atoms with Crippen molar-refractivity contribution < 1.29 is 5.11 Å². The van der Waals surface area contributed by atoms with Crippen molar-refractivity contribution in [2.75, 3.05) is 26.7 Å². The maximum Gasteiger partial charge on any atom is 0.0614 e. The highest BCUT2D eigenvalue weighted by atomic mass is 16.3. The molecule has 2 rings (SSSR count). The number of likely N-dealkylation sites (N-methyl/N-ethyl adjacent to an activating group) is 1. The topological polar surface area (TPSA) is 48.4 Å². The van der Waals surface area contributed by atoms with Crippen molar-refractivity contribution in [1.82, 2.24) is 15.2 Å². The summed E-state index contributed by atoms with van der Waals surface area (Å²) in [6, 6.07) is 4.12. The van der Waals surface area contributed by atoms with Crippen LogP contribution in [0.15, 0.2) is 24.5 Å². The standard InChI is InChI=1S/C13H21N3O/c1-14-13(11-17)4-8-16(9-5-13)10-12-2-6-15-7-3-12/h2-3,6-7,14,17H,4-5,8-11H2,1H3. The molecule has 1 fully saturated rings. The molecule has 0 spiro atoms. The van der Waals surface area contributed by atoms with Crippen LogP contribution in [0.2, 0.25) is 0 Å². The predicted octanol–water partition coefficient (Wildman–Crippen LogP) is 0.628. The second-order valence-corrected chi connectivity index (χ2v) is 4.82. The molecule has 4 nitrogen and oxygen atoms in total. The second-order valence-electron chi connectivity index (χ2n) is 4.82. The number of likely N-dealkylation sites (tertiary alicyclic amines) is 1.